The van der Waals surface area contributed by atoms with Gasteiger partial charge in [0.1, 0.15) is 0 Å². The Bertz CT molecular complexity index is 551. The number of rotatable bonds is 4. The van der Waals surface area contributed by atoms with E-state index in [1.165, 1.54) is 12.1 Å². The highest BCUT2D eigenvalue weighted by Gasteiger charge is 2.11. The van der Waals surface area contributed by atoms with Gasteiger partial charge in [-0.15, -0.1) is 0 Å². The first-order chi connectivity index (χ1) is 8.11. The Morgan fingerprint density at radius 1 is 1.59 bits per heavy atom. The van der Waals surface area contributed by atoms with Crippen molar-refractivity contribution in [2.75, 3.05) is 25.1 Å². The number of aliphatic hydroxyl groups excluding tert-OH is 1. The van der Waals surface area contributed by atoms with E-state index in [1.54, 1.807) is 18.0 Å². The van der Waals surface area contributed by atoms with Crippen LogP contribution >= 0.6 is 0 Å². The fraction of sp³-hybridized carbons (Fsp3) is 0.300. The minimum Gasteiger partial charge on any atom is -0.395 e. The second kappa shape index (κ2) is 4.38. The van der Waals surface area contributed by atoms with Crippen molar-refractivity contribution in [3.8, 4) is 0 Å². The Labute approximate surface area is 96.8 Å². The van der Waals surface area contributed by atoms with Crippen molar-refractivity contribution in [3.05, 3.63) is 28.3 Å². The summed E-state index contributed by atoms with van der Waals surface area (Å²) >= 11 is 0. The summed E-state index contributed by atoms with van der Waals surface area (Å²) in [6.45, 7) is 0.468. The van der Waals surface area contributed by atoms with Gasteiger partial charge in [0.2, 0.25) is 5.95 Å². The van der Waals surface area contributed by atoms with Crippen LogP contribution in [0.15, 0.2) is 18.2 Å². The van der Waals surface area contributed by atoms with Gasteiger partial charge >= 0.3 is 0 Å². The average molecular weight is 236 g/mol. The molecule has 0 amide bonds. The molecule has 0 unspecified atom stereocenters. The minimum atomic E-state index is -0.447. The predicted octanol–water partition coefficient (Wildman–Crippen LogP) is 0.900. The molecule has 0 aliphatic rings. The molecule has 0 atom stereocenters. The van der Waals surface area contributed by atoms with Crippen molar-refractivity contribution >= 4 is 22.7 Å². The van der Waals surface area contributed by atoms with E-state index in [2.05, 4.69) is 9.97 Å². The zero-order chi connectivity index (χ0) is 12.4. The molecule has 7 nitrogen and oxygen atoms in total. The number of anilines is 1. The van der Waals surface area contributed by atoms with Gasteiger partial charge in [0.25, 0.3) is 5.69 Å². The number of fused-ring (bicyclic) bond motifs is 1. The number of aromatic amines is 1. The topological polar surface area (TPSA) is 95.3 Å². The zero-order valence-electron chi connectivity index (χ0n) is 9.25. The standard InChI is InChI=1S/C10H12N4O3/c1-13(4-5-15)10-11-8-3-2-7(14(16)17)6-9(8)12-10/h2-3,6,15H,4-5H2,1H3,(H,11,12). The summed E-state index contributed by atoms with van der Waals surface area (Å²) in [5.41, 5.74) is 1.30. The largest absolute Gasteiger partial charge is 0.395 e. The van der Waals surface area contributed by atoms with E-state index >= 15 is 0 Å². The third-order valence-electron chi connectivity index (χ3n) is 2.46. The van der Waals surface area contributed by atoms with Gasteiger partial charge in [0.15, 0.2) is 0 Å². The maximum absolute atomic E-state index is 10.6. The van der Waals surface area contributed by atoms with Gasteiger partial charge in [-0.25, -0.2) is 4.98 Å². The highest BCUT2D eigenvalue weighted by Crippen LogP contribution is 2.21. The van der Waals surface area contributed by atoms with Gasteiger partial charge in [-0.3, -0.25) is 10.1 Å². The van der Waals surface area contributed by atoms with Crippen LogP contribution in [0.25, 0.3) is 11.0 Å². The number of imidazole rings is 1. The lowest BCUT2D eigenvalue weighted by Gasteiger charge is -2.12. The van der Waals surface area contributed by atoms with Crippen LogP contribution < -0.4 is 4.90 Å². The van der Waals surface area contributed by atoms with E-state index in [0.717, 1.165) is 0 Å². The van der Waals surface area contributed by atoms with E-state index in [1.807, 2.05) is 0 Å². The summed E-state index contributed by atoms with van der Waals surface area (Å²) in [5.74, 6) is 0.578. The quantitative estimate of drug-likeness (QED) is 0.607. The Kier molecular flexibility index (Phi) is 2.92. The zero-order valence-corrected chi connectivity index (χ0v) is 9.25. The number of H-pyrrole nitrogens is 1. The molecule has 1 heterocycles. The molecule has 2 N–H and O–H groups in total. The minimum absolute atomic E-state index is 0.0215. The molecular weight excluding hydrogens is 224 g/mol. The second-order valence-electron chi connectivity index (χ2n) is 3.66. The number of nitrogens with zero attached hydrogens (tertiary/aromatic N) is 3. The maximum atomic E-state index is 10.6. The summed E-state index contributed by atoms with van der Waals surface area (Å²) in [4.78, 5) is 19.2. The third kappa shape index (κ3) is 2.18. The predicted molar refractivity (Wildman–Crippen MR) is 63.1 cm³/mol. The van der Waals surface area contributed by atoms with Gasteiger partial charge in [-0.1, -0.05) is 0 Å². The summed E-state index contributed by atoms with van der Waals surface area (Å²) in [6.07, 6.45) is 0. The van der Waals surface area contributed by atoms with Crippen LogP contribution in [0.3, 0.4) is 0 Å². The van der Waals surface area contributed by atoms with Crippen LogP contribution in [0.5, 0.6) is 0 Å². The van der Waals surface area contributed by atoms with E-state index in [-0.39, 0.29) is 12.3 Å². The van der Waals surface area contributed by atoms with Crippen LogP contribution in [0.2, 0.25) is 0 Å². The van der Waals surface area contributed by atoms with Gasteiger partial charge in [-0.2, -0.15) is 0 Å². The molecule has 2 rings (SSSR count). The van der Waals surface area contributed by atoms with Gasteiger partial charge in [-0.05, 0) is 6.07 Å². The summed E-state index contributed by atoms with van der Waals surface area (Å²) in [7, 11) is 1.78. The Hall–Kier alpha value is -2.15. The second-order valence-corrected chi connectivity index (χ2v) is 3.66. The molecule has 0 radical (unpaired) electrons. The molecule has 1 aromatic heterocycles. The van der Waals surface area contributed by atoms with E-state index in [4.69, 9.17) is 5.11 Å². The highest BCUT2D eigenvalue weighted by atomic mass is 16.6. The Balaban J connectivity index is 2.40. The molecule has 0 aliphatic heterocycles. The Morgan fingerprint density at radius 2 is 2.35 bits per heavy atom. The summed E-state index contributed by atoms with van der Waals surface area (Å²) in [6, 6.07) is 4.46. The van der Waals surface area contributed by atoms with Crippen molar-refractivity contribution in [2.45, 2.75) is 0 Å². The lowest BCUT2D eigenvalue weighted by Crippen LogP contribution is -2.22. The normalized spacial score (nSPS) is 10.7. The fourth-order valence-corrected chi connectivity index (χ4v) is 1.53. The van der Waals surface area contributed by atoms with E-state index in [0.29, 0.717) is 23.5 Å². The van der Waals surface area contributed by atoms with Crippen molar-refractivity contribution < 1.29 is 10.0 Å². The molecule has 0 saturated heterocycles. The van der Waals surface area contributed by atoms with Crippen molar-refractivity contribution in [3.63, 3.8) is 0 Å². The van der Waals surface area contributed by atoms with Crippen LogP contribution in [0, 0.1) is 10.1 Å². The highest BCUT2D eigenvalue weighted by molar-refractivity contribution is 5.80. The van der Waals surface area contributed by atoms with E-state index < -0.39 is 4.92 Å². The maximum Gasteiger partial charge on any atom is 0.271 e. The van der Waals surface area contributed by atoms with Gasteiger partial charge in [0, 0.05) is 25.7 Å². The molecule has 1 aromatic carbocycles. The van der Waals surface area contributed by atoms with Crippen molar-refractivity contribution in [2.24, 2.45) is 0 Å². The Morgan fingerprint density at radius 3 is 3.00 bits per heavy atom. The first-order valence-electron chi connectivity index (χ1n) is 5.08. The summed E-state index contributed by atoms with van der Waals surface area (Å²) in [5, 5.41) is 19.4. The first-order valence-corrected chi connectivity index (χ1v) is 5.08. The average Bonchev–Trinajstić information content (AvgIpc) is 2.71. The lowest BCUT2D eigenvalue weighted by atomic mass is 10.3. The number of non-ortho nitro benzene ring substituents is 1. The van der Waals surface area contributed by atoms with Crippen molar-refractivity contribution in [1.29, 1.82) is 0 Å². The van der Waals surface area contributed by atoms with Crippen LogP contribution in [0.4, 0.5) is 11.6 Å². The molecule has 0 spiro atoms. The number of nitrogens with one attached hydrogen (secondary N) is 1. The number of hydrogen-bond acceptors (Lipinski definition) is 5. The monoisotopic (exact) mass is 236 g/mol. The first kappa shape index (κ1) is 11.3. The molecular formula is C10H12N4O3. The fourth-order valence-electron chi connectivity index (χ4n) is 1.53. The molecule has 17 heavy (non-hydrogen) atoms. The van der Waals surface area contributed by atoms with Gasteiger partial charge < -0.3 is 15.0 Å². The number of nitro benzene ring substituents is 1. The lowest BCUT2D eigenvalue weighted by molar-refractivity contribution is -0.384. The number of hydrogen-bond donors (Lipinski definition) is 2. The molecule has 2 aromatic rings. The van der Waals surface area contributed by atoms with Crippen LogP contribution in [-0.4, -0.2) is 40.2 Å². The van der Waals surface area contributed by atoms with Crippen LogP contribution in [0.1, 0.15) is 0 Å². The van der Waals surface area contributed by atoms with Crippen LogP contribution in [-0.2, 0) is 0 Å². The molecule has 7 heteroatoms. The number of likely N-dealkylation sites (N-methyl/N-ethyl adjacent to an activating group) is 1. The van der Waals surface area contributed by atoms with Crippen molar-refractivity contribution in [1.82, 2.24) is 9.97 Å². The van der Waals surface area contributed by atoms with Gasteiger partial charge in [0.05, 0.1) is 22.6 Å². The molecule has 90 valence electrons. The number of benzene rings is 1. The number of nitro groups is 1. The third-order valence-corrected chi connectivity index (χ3v) is 2.46. The summed E-state index contributed by atoms with van der Waals surface area (Å²) < 4.78 is 0. The SMILES string of the molecule is CN(CCO)c1nc2ccc([N+](=O)[O-])cc2[nH]1. The molecule has 0 saturated carbocycles. The smallest absolute Gasteiger partial charge is 0.271 e. The molecule has 0 bridgehead atoms. The molecule has 0 fully saturated rings. The molecule has 0 aliphatic carbocycles. The van der Waals surface area contributed by atoms with E-state index in [9.17, 15) is 10.1 Å². The number of aliphatic hydroxyl groups is 1. The number of aromatic nitrogens is 2.